The first-order valence-corrected chi connectivity index (χ1v) is 13.9. The van der Waals surface area contributed by atoms with Crippen LogP contribution in [0.15, 0.2) is 73.3 Å². The third-order valence-corrected chi connectivity index (χ3v) is 9.38. The van der Waals surface area contributed by atoms with Crippen molar-refractivity contribution in [1.82, 2.24) is 4.90 Å². The predicted octanol–water partition coefficient (Wildman–Crippen LogP) is 5.23. The van der Waals surface area contributed by atoms with Crippen LogP contribution in [-0.4, -0.2) is 41.7 Å². The van der Waals surface area contributed by atoms with Crippen LogP contribution >= 0.6 is 11.6 Å². The molecule has 2 N–H and O–H groups in total. The molecular formula is C32H28ClN3O4. The van der Waals surface area contributed by atoms with E-state index in [-0.39, 0.29) is 30.2 Å². The average Bonchev–Trinajstić information content (AvgIpc) is 3.66. The van der Waals surface area contributed by atoms with E-state index >= 15 is 0 Å². The van der Waals surface area contributed by atoms with Gasteiger partial charge in [0.1, 0.15) is 23.3 Å². The Balaban J connectivity index is 1.57. The van der Waals surface area contributed by atoms with Gasteiger partial charge in [0.05, 0.1) is 11.5 Å². The van der Waals surface area contributed by atoms with Crippen molar-refractivity contribution in [2.24, 2.45) is 5.92 Å². The fourth-order valence-corrected chi connectivity index (χ4v) is 8.20. The molecule has 2 amide bonds. The first-order chi connectivity index (χ1) is 19.4. The largest absolute Gasteiger partial charge is 0.489 e. The quantitative estimate of drug-likeness (QED) is 0.334. The molecule has 0 aliphatic carbocycles. The Labute approximate surface area is 237 Å². The molecule has 2 spiro atoms. The first kappa shape index (κ1) is 25.1. The molecule has 0 saturated carbocycles. The van der Waals surface area contributed by atoms with E-state index in [1.54, 1.807) is 36.4 Å². The number of halogens is 1. The summed E-state index contributed by atoms with van der Waals surface area (Å²) in [6, 6.07) is 17.8. The summed E-state index contributed by atoms with van der Waals surface area (Å²) in [4.78, 5) is 46.2. The molecule has 4 atom stereocenters. The summed E-state index contributed by atoms with van der Waals surface area (Å²) in [5.74, 6) is -1.32. The molecule has 202 valence electrons. The molecule has 0 unspecified atom stereocenters. The summed E-state index contributed by atoms with van der Waals surface area (Å²) in [6.45, 7) is 6.43. The molecule has 4 aliphatic rings. The second kappa shape index (κ2) is 8.78. The van der Waals surface area contributed by atoms with Gasteiger partial charge in [-0.2, -0.15) is 0 Å². The van der Waals surface area contributed by atoms with Gasteiger partial charge in [0.15, 0.2) is 5.78 Å². The second-order valence-corrected chi connectivity index (χ2v) is 11.4. The number of carbonyl (C=O) groups excluding carboxylic acids is 3. The van der Waals surface area contributed by atoms with Gasteiger partial charge < -0.3 is 15.4 Å². The zero-order valence-corrected chi connectivity index (χ0v) is 22.8. The van der Waals surface area contributed by atoms with Gasteiger partial charge in [-0.15, -0.1) is 0 Å². The lowest BCUT2D eigenvalue weighted by molar-refractivity contribution is -0.137. The van der Waals surface area contributed by atoms with Crippen LogP contribution in [0.25, 0.3) is 0 Å². The number of hydrogen-bond acceptors (Lipinski definition) is 5. The molecule has 4 heterocycles. The SMILES string of the molecule is C=CCOc1ccccc1C(=O)[C@@H]1[C@H]2CCCN2[C@@]2(C(=O)Nc3c(C)cc(Cl)cc32)[C@]12C(=O)Nc1ccccc12. The molecule has 2 saturated heterocycles. The van der Waals surface area contributed by atoms with Crippen molar-refractivity contribution in [3.05, 3.63) is 101 Å². The van der Waals surface area contributed by atoms with Gasteiger partial charge in [-0.05, 0) is 67.8 Å². The average molecular weight is 554 g/mol. The fourth-order valence-electron chi connectivity index (χ4n) is 7.92. The fraction of sp³-hybridized carbons (Fsp3) is 0.281. The van der Waals surface area contributed by atoms with Crippen molar-refractivity contribution in [2.45, 2.75) is 36.8 Å². The maximum atomic E-state index is 14.9. The molecule has 8 heteroatoms. The number of para-hydroxylation sites is 2. The normalized spacial score (nSPS) is 27.9. The van der Waals surface area contributed by atoms with Crippen LogP contribution in [0.5, 0.6) is 5.75 Å². The molecule has 0 aromatic heterocycles. The van der Waals surface area contributed by atoms with Gasteiger partial charge in [-0.1, -0.05) is 54.6 Å². The van der Waals surface area contributed by atoms with E-state index in [0.29, 0.717) is 51.8 Å². The Morgan fingerprint density at radius 2 is 1.88 bits per heavy atom. The van der Waals surface area contributed by atoms with Gasteiger partial charge in [0.25, 0.3) is 5.91 Å². The highest BCUT2D eigenvalue weighted by Gasteiger charge is 2.81. The molecule has 0 bridgehead atoms. The summed E-state index contributed by atoms with van der Waals surface area (Å²) in [7, 11) is 0. The molecule has 7 rings (SSSR count). The molecule has 4 aliphatic heterocycles. The third-order valence-electron chi connectivity index (χ3n) is 9.16. The minimum Gasteiger partial charge on any atom is -0.489 e. The molecule has 40 heavy (non-hydrogen) atoms. The van der Waals surface area contributed by atoms with E-state index in [4.69, 9.17) is 16.3 Å². The maximum absolute atomic E-state index is 14.9. The topological polar surface area (TPSA) is 87.7 Å². The Bertz CT molecular complexity index is 1640. The van der Waals surface area contributed by atoms with E-state index < -0.39 is 16.9 Å². The van der Waals surface area contributed by atoms with E-state index in [2.05, 4.69) is 22.1 Å². The number of nitrogens with one attached hydrogen (secondary N) is 2. The van der Waals surface area contributed by atoms with Crippen LogP contribution in [-0.2, 0) is 20.5 Å². The summed E-state index contributed by atoms with van der Waals surface area (Å²) in [5.41, 5.74) is 0.752. The molecular weight excluding hydrogens is 526 g/mol. The highest BCUT2D eigenvalue weighted by atomic mass is 35.5. The lowest BCUT2D eigenvalue weighted by Gasteiger charge is -2.43. The van der Waals surface area contributed by atoms with Crippen LogP contribution < -0.4 is 15.4 Å². The number of fused-ring (bicyclic) bond motifs is 7. The van der Waals surface area contributed by atoms with Gasteiger partial charge in [-0.3, -0.25) is 19.3 Å². The minimum absolute atomic E-state index is 0.222. The van der Waals surface area contributed by atoms with Crippen LogP contribution in [0.1, 0.15) is 39.9 Å². The molecule has 3 aromatic carbocycles. The van der Waals surface area contributed by atoms with Crippen LogP contribution in [0.4, 0.5) is 11.4 Å². The number of aryl methyl sites for hydroxylation is 1. The van der Waals surface area contributed by atoms with Gasteiger partial charge in [-0.25, -0.2) is 0 Å². The number of nitrogens with zero attached hydrogens (tertiary/aromatic N) is 1. The standard InChI is InChI=1S/C32H28ClN3O4/c1-3-15-40-25-13-7-4-9-20(25)28(37)26-24-12-8-14-36(24)32(22-17-19(33)16-18(2)27(22)35-30(32)39)31(26)21-10-5-6-11-23(21)34-29(31)38/h3-7,9-11,13,16-17,24,26H,1,8,12,14-15H2,2H3,(H,34,38)(H,35,39)/t24-,26+,31+,32+/m1/s1. The number of ether oxygens (including phenoxy) is 1. The smallest absolute Gasteiger partial charge is 0.251 e. The number of anilines is 2. The van der Waals surface area contributed by atoms with E-state index in [9.17, 15) is 14.4 Å². The first-order valence-electron chi connectivity index (χ1n) is 13.5. The van der Waals surface area contributed by atoms with Crippen molar-refractivity contribution in [1.29, 1.82) is 0 Å². The number of amides is 2. The van der Waals surface area contributed by atoms with E-state index in [1.807, 2.05) is 37.3 Å². The van der Waals surface area contributed by atoms with Crippen LogP contribution in [0.3, 0.4) is 0 Å². The number of rotatable bonds is 5. The van der Waals surface area contributed by atoms with Gasteiger partial charge in [0, 0.05) is 28.0 Å². The van der Waals surface area contributed by atoms with Crippen molar-refractivity contribution in [3.8, 4) is 5.75 Å². The molecule has 0 radical (unpaired) electrons. The van der Waals surface area contributed by atoms with E-state index in [1.165, 1.54) is 0 Å². The van der Waals surface area contributed by atoms with Crippen molar-refractivity contribution >= 4 is 40.6 Å². The van der Waals surface area contributed by atoms with Gasteiger partial charge in [0.2, 0.25) is 5.91 Å². The van der Waals surface area contributed by atoms with Crippen molar-refractivity contribution in [3.63, 3.8) is 0 Å². The summed E-state index contributed by atoms with van der Waals surface area (Å²) < 4.78 is 5.90. The highest BCUT2D eigenvalue weighted by Crippen LogP contribution is 2.68. The number of Topliss-reactive ketones (excluding diaryl/α,β-unsaturated/α-hetero) is 1. The summed E-state index contributed by atoms with van der Waals surface area (Å²) >= 11 is 6.63. The molecule has 7 nitrogen and oxygen atoms in total. The minimum atomic E-state index is -1.54. The Morgan fingerprint density at radius 1 is 1.10 bits per heavy atom. The second-order valence-electron chi connectivity index (χ2n) is 11.0. The molecule has 3 aromatic rings. The van der Waals surface area contributed by atoms with Crippen LogP contribution in [0, 0.1) is 12.8 Å². The lowest BCUT2D eigenvalue weighted by Crippen LogP contribution is -2.62. The predicted molar refractivity (Wildman–Crippen MR) is 153 cm³/mol. The number of benzene rings is 3. The Morgan fingerprint density at radius 3 is 2.70 bits per heavy atom. The monoisotopic (exact) mass is 553 g/mol. The number of carbonyl (C=O) groups is 3. The van der Waals surface area contributed by atoms with Gasteiger partial charge >= 0.3 is 0 Å². The zero-order chi connectivity index (χ0) is 27.8. The summed E-state index contributed by atoms with van der Waals surface area (Å²) in [5, 5.41) is 6.65. The van der Waals surface area contributed by atoms with E-state index in [0.717, 1.165) is 12.0 Å². The number of ketones is 1. The maximum Gasteiger partial charge on any atom is 0.251 e. The van der Waals surface area contributed by atoms with Crippen molar-refractivity contribution in [2.75, 3.05) is 23.8 Å². The summed E-state index contributed by atoms with van der Waals surface area (Å²) in [6.07, 6.45) is 3.10. The Hall–Kier alpha value is -3.94. The number of hydrogen-bond donors (Lipinski definition) is 2. The third kappa shape index (κ3) is 2.91. The molecule has 2 fully saturated rings. The van der Waals surface area contributed by atoms with Crippen molar-refractivity contribution < 1.29 is 19.1 Å². The highest BCUT2D eigenvalue weighted by molar-refractivity contribution is 6.31. The lowest BCUT2D eigenvalue weighted by atomic mass is 9.57. The zero-order valence-electron chi connectivity index (χ0n) is 22.0. The van der Waals surface area contributed by atoms with Crippen LogP contribution in [0.2, 0.25) is 5.02 Å². The Kier molecular flexibility index (Phi) is 5.50.